The molecule has 0 aromatic heterocycles. The number of ether oxygens (including phenoxy) is 1. The van der Waals surface area contributed by atoms with Crippen molar-refractivity contribution in [2.75, 3.05) is 25.5 Å². The molecule has 1 atom stereocenters. The van der Waals surface area contributed by atoms with Gasteiger partial charge in [0.2, 0.25) is 0 Å². The van der Waals surface area contributed by atoms with Gasteiger partial charge in [0.25, 0.3) is 0 Å². The minimum Gasteiger partial charge on any atom is -0.495 e. The van der Waals surface area contributed by atoms with Crippen molar-refractivity contribution in [3.05, 3.63) is 60.2 Å². The molecule has 1 fully saturated rings. The molecule has 26 heavy (non-hydrogen) atoms. The third-order valence-electron chi connectivity index (χ3n) is 4.73. The highest BCUT2D eigenvalue weighted by atomic mass is 16.5. The first-order valence-corrected chi connectivity index (χ1v) is 8.93. The van der Waals surface area contributed by atoms with Gasteiger partial charge >= 0.3 is 6.03 Å². The van der Waals surface area contributed by atoms with E-state index in [-0.39, 0.29) is 17.7 Å². The van der Waals surface area contributed by atoms with Crippen LogP contribution in [-0.4, -0.2) is 36.9 Å². The number of ketones is 1. The number of methoxy groups -OCH3 is 1. The van der Waals surface area contributed by atoms with Crippen LogP contribution in [0.4, 0.5) is 10.5 Å². The van der Waals surface area contributed by atoms with E-state index in [0.29, 0.717) is 30.9 Å². The van der Waals surface area contributed by atoms with Crippen molar-refractivity contribution in [1.82, 2.24) is 4.90 Å². The van der Waals surface area contributed by atoms with E-state index in [4.69, 9.17) is 4.74 Å². The van der Waals surface area contributed by atoms with Gasteiger partial charge in [-0.25, -0.2) is 4.79 Å². The Morgan fingerprint density at radius 3 is 2.62 bits per heavy atom. The molecule has 5 heteroatoms. The number of anilines is 1. The second kappa shape index (κ2) is 8.52. The number of nitrogens with one attached hydrogen (secondary N) is 1. The number of nitrogens with zero attached hydrogens (tertiary/aromatic N) is 1. The van der Waals surface area contributed by atoms with E-state index in [2.05, 4.69) is 5.32 Å². The number of likely N-dealkylation sites (tertiary alicyclic amines) is 1. The molecule has 1 aliphatic rings. The van der Waals surface area contributed by atoms with Crippen molar-refractivity contribution in [3.8, 4) is 5.75 Å². The van der Waals surface area contributed by atoms with E-state index in [9.17, 15) is 9.59 Å². The molecule has 2 amide bonds. The van der Waals surface area contributed by atoms with Crippen LogP contribution in [0.5, 0.6) is 5.75 Å². The van der Waals surface area contributed by atoms with Crippen molar-refractivity contribution in [2.45, 2.75) is 19.3 Å². The summed E-state index contributed by atoms with van der Waals surface area (Å²) in [5.74, 6) is 0.716. The van der Waals surface area contributed by atoms with E-state index in [1.807, 2.05) is 42.5 Å². The molecule has 0 saturated carbocycles. The fourth-order valence-electron chi connectivity index (χ4n) is 3.31. The number of piperidine rings is 1. The molecular weight excluding hydrogens is 328 g/mol. The van der Waals surface area contributed by atoms with Crippen molar-refractivity contribution < 1.29 is 14.3 Å². The Morgan fingerprint density at radius 1 is 1.12 bits per heavy atom. The summed E-state index contributed by atoms with van der Waals surface area (Å²) < 4.78 is 5.27. The van der Waals surface area contributed by atoms with Crippen LogP contribution in [0.2, 0.25) is 0 Å². The third kappa shape index (κ3) is 4.42. The van der Waals surface area contributed by atoms with E-state index in [0.717, 1.165) is 18.4 Å². The molecule has 0 unspecified atom stereocenters. The van der Waals surface area contributed by atoms with E-state index in [1.165, 1.54) is 0 Å². The number of urea groups is 1. The topological polar surface area (TPSA) is 58.6 Å². The molecular formula is C21H24N2O3. The lowest BCUT2D eigenvalue weighted by Gasteiger charge is -2.32. The maximum absolute atomic E-state index is 12.6. The summed E-state index contributed by atoms with van der Waals surface area (Å²) in [6.45, 7) is 1.13. The smallest absolute Gasteiger partial charge is 0.321 e. The molecule has 1 aliphatic heterocycles. The standard InChI is InChI=1S/C21H24N2O3/c1-26-20-12-6-5-11-18(20)22-21(25)23-13-7-10-17(15-23)19(24)14-16-8-3-2-4-9-16/h2-6,8-9,11-12,17H,7,10,13-15H2,1H3,(H,22,25)/t17-/m0/s1. The Kier molecular flexibility index (Phi) is 5.89. The highest BCUT2D eigenvalue weighted by Crippen LogP contribution is 2.25. The molecule has 1 saturated heterocycles. The zero-order valence-corrected chi connectivity index (χ0v) is 15.0. The largest absolute Gasteiger partial charge is 0.495 e. The first-order valence-electron chi connectivity index (χ1n) is 8.93. The van der Waals surface area contributed by atoms with Crippen molar-refractivity contribution >= 4 is 17.5 Å². The summed E-state index contributed by atoms with van der Waals surface area (Å²) >= 11 is 0. The van der Waals surface area contributed by atoms with Crippen LogP contribution in [0.3, 0.4) is 0 Å². The Morgan fingerprint density at radius 2 is 1.85 bits per heavy atom. The Labute approximate surface area is 154 Å². The molecule has 0 bridgehead atoms. The summed E-state index contributed by atoms with van der Waals surface area (Å²) in [5.41, 5.74) is 1.66. The number of amides is 2. The van der Waals surface area contributed by atoms with Gasteiger partial charge in [-0.2, -0.15) is 0 Å². The summed E-state index contributed by atoms with van der Waals surface area (Å²) in [7, 11) is 1.57. The summed E-state index contributed by atoms with van der Waals surface area (Å²) in [6.07, 6.45) is 2.10. The number of hydrogen-bond donors (Lipinski definition) is 1. The lowest BCUT2D eigenvalue weighted by Crippen LogP contribution is -2.44. The van der Waals surface area contributed by atoms with Gasteiger partial charge in [0.1, 0.15) is 11.5 Å². The Hall–Kier alpha value is -2.82. The molecule has 2 aromatic carbocycles. The Balaban J connectivity index is 1.60. The predicted molar refractivity (Wildman–Crippen MR) is 101 cm³/mol. The van der Waals surface area contributed by atoms with Crippen LogP contribution in [-0.2, 0) is 11.2 Å². The highest BCUT2D eigenvalue weighted by molar-refractivity contribution is 5.92. The van der Waals surface area contributed by atoms with E-state index >= 15 is 0 Å². The van der Waals surface area contributed by atoms with Gasteiger partial charge < -0.3 is 15.0 Å². The molecule has 3 rings (SSSR count). The maximum Gasteiger partial charge on any atom is 0.321 e. The van der Waals surface area contributed by atoms with Crippen LogP contribution in [0.25, 0.3) is 0 Å². The molecule has 5 nitrogen and oxygen atoms in total. The summed E-state index contributed by atoms with van der Waals surface area (Å²) in [6, 6.07) is 16.9. The molecule has 0 spiro atoms. The number of Topliss-reactive ketones (excluding diaryl/α,β-unsaturated/α-hetero) is 1. The van der Waals surface area contributed by atoms with E-state index < -0.39 is 0 Å². The van der Waals surface area contributed by atoms with Gasteiger partial charge in [0.05, 0.1) is 12.8 Å². The second-order valence-electron chi connectivity index (χ2n) is 6.54. The monoisotopic (exact) mass is 352 g/mol. The third-order valence-corrected chi connectivity index (χ3v) is 4.73. The summed E-state index contributed by atoms with van der Waals surface area (Å²) in [4.78, 5) is 27.0. The normalized spacial score (nSPS) is 16.8. The number of benzene rings is 2. The lowest BCUT2D eigenvalue weighted by molar-refractivity contribution is -0.123. The number of hydrogen-bond acceptors (Lipinski definition) is 3. The van der Waals surface area contributed by atoms with Crippen LogP contribution in [0, 0.1) is 5.92 Å². The molecule has 2 aromatic rings. The van der Waals surface area contributed by atoms with Gasteiger partial charge in [-0.05, 0) is 30.5 Å². The minimum absolute atomic E-state index is 0.104. The lowest BCUT2D eigenvalue weighted by atomic mass is 9.90. The van der Waals surface area contributed by atoms with Gasteiger partial charge in [0, 0.05) is 25.4 Å². The van der Waals surface area contributed by atoms with Gasteiger partial charge in [-0.3, -0.25) is 4.79 Å². The van der Waals surface area contributed by atoms with Gasteiger partial charge in [0.15, 0.2) is 0 Å². The molecule has 0 radical (unpaired) electrons. The molecule has 136 valence electrons. The van der Waals surface area contributed by atoms with Crippen molar-refractivity contribution in [2.24, 2.45) is 5.92 Å². The summed E-state index contributed by atoms with van der Waals surface area (Å²) in [5, 5.41) is 2.89. The van der Waals surface area contributed by atoms with Crippen LogP contribution in [0.15, 0.2) is 54.6 Å². The van der Waals surface area contributed by atoms with Gasteiger partial charge in [-0.1, -0.05) is 42.5 Å². The van der Waals surface area contributed by atoms with Crippen molar-refractivity contribution in [3.63, 3.8) is 0 Å². The van der Waals surface area contributed by atoms with Crippen LogP contribution in [0.1, 0.15) is 18.4 Å². The maximum atomic E-state index is 12.6. The average molecular weight is 352 g/mol. The average Bonchev–Trinajstić information content (AvgIpc) is 2.69. The highest BCUT2D eigenvalue weighted by Gasteiger charge is 2.28. The number of carbonyl (C=O) groups excluding carboxylic acids is 2. The number of rotatable bonds is 5. The minimum atomic E-state index is -0.188. The predicted octanol–water partition coefficient (Wildman–Crippen LogP) is 3.75. The second-order valence-corrected chi connectivity index (χ2v) is 6.54. The van der Waals surface area contributed by atoms with Crippen molar-refractivity contribution in [1.29, 1.82) is 0 Å². The fourth-order valence-corrected chi connectivity index (χ4v) is 3.31. The quantitative estimate of drug-likeness (QED) is 0.891. The zero-order valence-electron chi connectivity index (χ0n) is 15.0. The number of para-hydroxylation sites is 2. The first kappa shape index (κ1) is 18.0. The van der Waals surface area contributed by atoms with Crippen LogP contribution >= 0.6 is 0 Å². The van der Waals surface area contributed by atoms with Crippen LogP contribution < -0.4 is 10.1 Å². The fraction of sp³-hybridized carbons (Fsp3) is 0.333. The molecule has 0 aliphatic carbocycles. The molecule has 1 heterocycles. The van der Waals surface area contributed by atoms with Gasteiger partial charge in [-0.15, -0.1) is 0 Å². The first-order chi connectivity index (χ1) is 12.7. The zero-order chi connectivity index (χ0) is 18.4. The number of carbonyl (C=O) groups is 2. The Bertz CT molecular complexity index is 761. The SMILES string of the molecule is COc1ccccc1NC(=O)N1CCC[C@H](C(=O)Cc2ccccc2)C1. The molecule has 1 N–H and O–H groups in total. The van der Waals surface area contributed by atoms with E-state index in [1.54, 1.807) is 24.1 Å².